The van der Waals surface area contributed by atoms with Crippen LogP contribution < -0.4 is 5.73 Å². The maximum Gasteiger partial charge on any atom is 0.424 e. The van der Waals surface area contributed by atoms with E-state index in [1.165, 1.54) is 13.8 Å². The summed E-state index contributed by atoms with van der Waals surface area (Å²) in [6, 6.07) is -1.62. The maximum absolute atomic E-state index is 12.8. The van der Waals surface area contributed by atoms with Gasteiger partial charge in [0.05, 0.1) is 6.54 Å². The summed E-state index contributed by atoms with van der Waals surface area (Å²) in [5, 5.41) is 12.5. The molecule has 0 fully saturated rings. The molecule has 10 nitrogen and oxygen atoms in total. The van der Waals surface area contributed by atoms with Crippen molar-refractivity contribution < 1.29 is 32.4 Å². The SMILES string of the molecule is Cc1noc(C)c1S(=O)(=O)N(C[C@H](N)C(=O)O)C(=O)OC(C)(C)C. The minimum atomic E-state index is -4.46. The molecule has 0 aliphatic carbocycles. The Morgan fingerprint density at radius 1 is 1.38 bits per heavy atom. The molecule has 1 heterocycles. The fourth-order valence-corrected chi connectivity index (χ4v) is 3.42. The van der Waals surface area contributed by atoms with Gasteiger partial charge in [0.25, 0.3) is 10.0 Å². The molecular formula is C13H21N3O7S. The molecule has 0 aliphatic rings. The van der Waals surface area contributed by atoms with Crippen molar-refractivity contribution in [3.63, 3.8) is 0 Å². The molecule has 1 aromatic heterocycles. The largest absolute Gasteiger partial charge is 0.480 e. The molecule has 136 valence electrons. The number of ether oxygens (including phenoxy) is 1. The highest BCUT2D eigenvalue weighted by Crippen LogP contribution is 2.25. The molecule has 0 spiro atoms. The van der Waals surface area contributed by atoms with Crippen LogP contribution >= 0.6 is 0 Å². The fraction of sp³-hybridized carbons (Fsp3) is 0.615. The van der Waals surface area contributed by atoms with Crippen LogP contribution in [0.25, 0.3) is 0 Å². The standard InChI is InChI=1S/C13H21N3O7S/c1-7-10(8(2)23-15-7)24(20,21)16(6-9(14)11(17)18)12(19)22-13(3,4)5/h9H,6,14H2,1-5H3,(H,17,18)/t9-/m0/s1. The van der Waals surface area contributed by atoms with E-state index in [1.54, 1.807) is 20.8 Å². The van der Waals surface area contributed by atoms with Crippen molar-refractivity contribution in [2.24, 2.45) is 5.73 Å². The maximum atomic E-state index is 12.8. The number of aryl methyl sites for hydroxylation is 2. The van der Waals surface area contributed by atoms with Gasteiger partial charge in [-0.2, -0.15) is 4.31 Å². The number of hydrogen-bond donors (Lipinski definition) is 2. The molecule has 24 heavy (non-hydrogen) atoms. The third kappa shape index (κ3) is 4.45. The van der Waals surface area contributed by atoms with Crippen LogP contribution in [0.15, 0.2) is 9.42 Å². The Labute approximate surface area is 139 Å². The Balaban J connectivity index is 3.36. The molecule has 0 unspecified atom stereocenters. The zero-order valence-electron chi connectivity index (χ0n) is 14.1. The molecule has 1 atom stereocenters. The van der Waals surface area contributed by atoms with Gasteiger partial charge in [0.2, 0.25) is 0 Å². The second-order valence-corrected chi connectivity index (χ2v) is 7.91. The molecule has 1 amide bonds. The van der Waals surface area contributed by atoms with E-state index in [0.717, 1.165) is 0 Å². The van der Waals surface area contributed by atoms with Crippen LogP contribution in [-0.4, -0.2) is 53.2 Å². The molecule has 0 saturated heterocycles. The quantitative estimate of drug-likeness (QED) is 0.766. The lowest BCUT2D eigenvalue weighted by molar-refractivity contribution is -0.138. The summed E-state index contributed by atoms with van der Waals surface area (Å²) in [6.07, 6.45) is -1.24. The highest BCUT2D eigenvalue weighted by Gasteiger charge is 2.38. The minimum Gasteiger partial charge on any atom is -0.480 e. The summed E-state index contributed by atoms with van der Waals surface area (Å²) in [7, 11) is -4.46. The molecule has 0 aliphatic heterocycles. The summed E-state index contributed by atoms with van der Waals surface area (Å²) in [5.41, 5.74) is 4.44. The average Bonchev–Trinajstić information content (AvgIpc) is 2.72. The van der Waals surface area contributed by atoms with Crippen molar-refractivity contribution in [2.75, 3.05) is 6.54 Å². The van der Waals surface area contributed by atoms with Crippen LogP contribution in [0.1, 0.15) is 32.2 Å². The zero-order chi connectivity index (χ0) is 18.9. The van der Waals surface area contributed by atoms with Crippen molar-refractivity contribution in [3.05, 3.63) is 11.5 Å². The molecule has 3 N–H and O–H groups in total. The number of carbonyl (C=O) groups is 2. The number of carboxylic acids is 1. The minimum absolute atomic E-state index is 0.0324. The van der Waals surface area contributed by atoms with Gasteiger partial charge in [-0.15, -0.1) is 0 Å². The third-order valence-corrected chi connectivity index (χ3v) is 4.77. The lowest BCUT2D eigenvalue weighted by Gasteiger charge is -2.27. The van der Waals surface area contributed by atoms with E-state index >= 15 is 0 Å². The Morgan fingerprint density at radius 3 is 2.29 bits per heavy atom. The van der Waals surface area contributed by atoms with E-state index in [2.05, 4.69) is 5.16 Å². The number of nitrogens with two attached hydrogens (primary N) is 1. The first-order valence-corrected chi connectivity index (χ1v) is 8.38. The van der Waals surface area contributed by atoms with Crippen molar-refractivity contribution >= 4 is 22.1 Å². The molecule has 1 aromatic rings. The van der Waals surface area contributed by atoms with E-state index in [1.807, 2.05) is 0 Å². The summed E-state index contributed by atoms with van der Waals surface area (Å²) in [6.45, 7) is 6.58. The van der Waals surface area contributed by atoms with E-state index in [0.29, 0.717) is 0 Å². The average molecular weight is 363 g/mol. The fourth-order valence-electron chi connectivity index (χ4n) is 1.79. The number of aliphatic carboxylic acids is 1. The Morgan fingerprint density at radius 2 is 1.92 bits per heavy atom. The first kappa shape index (κ1) is 19.9. The molecule has 0 saturated carbocycles. The van der Waals surface area contributed by atoms with E-state index < -0.39 is 40.3 Å². The second kappa shape index (κ2) is 6.77. The van der Waals surface area contributed by atoms with Crippen LogP contribution in [0, 0.1) is 13.8 Å². The number of rotatable bonds is 5. The molecule has 1 rings (SSSR count). The number of nitrogens with zero attached hydrogens (tertiary/aromatic N) is 2. The number of hydrogen-bond acceptors (Lipinski definition) is 8. The summed E-state index contributed by atoms with van der Waals surface area (Å²) >= 11 is 0. The number of sulfonamides is 1. The number of amides is 1. The van der Waals surface area contributed by atoms with Crippen molar-refractivity contribution in [1.82, 2.24) is 9.46 Å². The predicted molar refractivity (Wildman–Crippen MR) is 81.7 cm³/mol. The van der Waals surface area contributed by atoms with Crippen LogP contribution in [0.3, 0.4) is 0 Å². The van der Waals surface area contributed by atoms with E-state index in [9.17, 15) is 18.0 Å². The van der Waals surface area contributed by atoms with Gasteiger partial charge in [0.1, 0.15) is 17.3 Å². The van der Waals surface area contributed by atoms with Gasteiger partial charge >= 0.3 is 12.1 Å². The highest BCUT2D eigenvalue weighted by atomic mass is 32.2. The smallest absolute Gasteiger partial charge is 0.424 e. The van der Waals surface area contributed by atoms with Gasteiger partial charge in [-0.1, -0.05) is 5.16 Å². The van der Waals surface area contributed by atoms with Gasteiger partial charge in [-0.05, 0) is 34.6 Å². The molecule has 0 bridgehead atoms. The van der Waals surface area contributed by atoms with Gasteiger partial charge in [-0.25, -0.2) is 13.2 Å². The van der Waals surface area contributed by atoms with Crippen LogP contribution in [-0.2, 0) is 19.6 Å². The van der Waals surface area contributed by atoms with Gasteiger partial charge in [-0.3, -0.25) is 4.79 Å². The number of carbonyl (C=O) groups excluding carboxylic acids is 1. The van der Waals surface area contributed by atoms with Crippen molar-refractivity contribution in [2.45, 2.75) is 51.2 Å². The number of aromatic nitrogens is 1. The highest BCUT2D eigenvalue weighted by molar-refractivity contribution is 7.89. The van der Waals surface area contributed by atoms with Crippen molar-refractivity contribution in [1.29, 1.82) is 0 Å². The third-order valence-electron chi connectivity index (χ3n) is 2.79. The zero-order valence-corrected chi connectivity index (χ0v) is 14.9. The number of carboxylic acid groups (broad SMARTS) is 1. The molecule has 0 aromatic carbocycles. The summed E-state index contributed by atoms with van der Waals surface area (Å²) in [5.74, 6) is -1.50. The van der Waals surface area contributed by atoms with Gasteiger partial charge in [0.15, 0.2) is 10.7 Å². The lowest BCUT2D eigenvalue weighted by atomic mass is 10.2. The van der Waals surface area contributed by atoms with Gasteiger partial charge in [0, 0.05) is 0 Å². The predicted octanol–water partition coefficient (Wildman–Crippen LogP) is 0.629. The summed E-state index contributed by atoms with van der Waals surface area (Å²) in [4.78, 5) is 22.9. The second-order valence-electron chi connectivity index (χ2n) is 6.11. The van der Waals surface area contributed by atoms with Crippen LogP contribution in [0.2, 0.25) is 0 Å². The molecule has 0 radical (unpaired) electrons. The van der Waals surface area contributed by atoms with Crippen LogP contribution in [0.5, 0.6) is 0 Å². The molecule has 11 heteroatoms. The Kier molecular flexibility index (Phi) is 5.62. The van der Waals surface area contributed by atoms with E-state index in [4.69, 9.17) is 20.1 Å². The van der Waals surface area contributed by atoms with Crippen LogP contribution in [0.4, 0.5) is 4.79 Å². The normalized spacial score (nSPS) is 13.4. The van der Waals surface area contributed by atoms with Crippen molar-refractivity contribution in [3.8, 4) is 0 Å². The first-order valence-electron chi connectivity index (χ1n) is 6.94. The first-order chi connectivity index (χ1) is 10.8. The van der Waals surface area contributed by atoms with Gasteiger partial charge < -0.3 is 20.1 Å². The summed E-state index contributed by atoms with van der Waals surface area (Å²) < 4.78 is 35.7. The molecular weight excluding hydrogens is 342 g/mol. The topological polar surface area (TPSA) is 153 Å². The Bertz CT molecular complexity index is 714. The van der Waals surface area contributed by atoms with E-state index in [-0.39, 0.29) is 20.7 Å². The monoisotopic (exact) mass is 363 g/mol. The Hall–Kier alpha value is -2.14. The lowest BCUT2D eigenvalue weighted by Crippen LogP contribution is -2.49.